The van der Waals surface area contributed by atoms with Gasteiger partial charge in [-0.1, -0.05) is 13.8 Å². The van der Waals surface area contributed by atoms with E-state index in [1.54, 1.807) is 0 Å². The molecule has 0 bridgehead atoms. The number of amides is 1. The van der Waals surface area contributed by atoms with Crippen LogP contribution in [-0.4, -0.2) is 55.7 Å². The van der Waals surface area contributed by atoms with Crippen LogP contribution in [0.1, 0.15) is 33.1 Å². The lowest BCUT2D eigenvalue weighted by Crippen LogP contribution is -2.49. The van der Waals surface area contributed by atoms with Crippen molar-refractivity contribution in [2.45, 2.75) is 45.2 Å². The second kappa shape index (κ2) is 8.45. The molecule has 0 saturated carbocycles. The molecule has 18 heavy (non-hydrogen) atoms. The highest BCUT2D eigenvalue weighted by molar-refractivity contribution is 5.79. The predicted molar refractivity (Wildman–Crippen MR) is 72.4 cm³/mol. The molecule has 106 valence electrons. The Hall–Kier alpha value is -0.650. The van der Waals surface area contributed by atoms with Crippen LogP contribution in [-0.2, 0) is 9.53 Å². The summed E-state index contributed by atoms with van der Waals surface area (Å²) in [4.78, 5) is 13.8. The SMILES string of the molecule is CCCNC(CCN1CCOCC1CC)C(N)=O. The van der Waals surface area contributed by atoms with E-state index in [2.05, 4.69) is 24.1 Å². The van der Waals surface area contributed by atoms with Gasteiger partial charge in [0.25, 0.3) is 0 Å². The Balaban J connectivity index is 2.37. The molecule has 1 heterocycles. The largest absolute Gasteiger partial charge is 0.378 e. The van der Waals surface area contributed by atoms with E-state index in [1.807, 2.05) is 0 Å². The summed E-state index contributed by atoms with van der Waals surface area (Å²) < 4.78 is 5.47. The van der Waals surface area contributed by atoms with E-state index in [0.717, 1.165) is 52.1 Å². The topological polar surface area (TPSA) is 67.6 Å². The Morgan fingerprint density at radius 3 is 2.94 bits per heavy atom. The van der Waals surface area contributed by atoms with Crippen molar-refractivity contribution < 1.29 is 9.53 Å². The molecular formula is C13H27N3O2. The second-order valence-electron chi connectivity index (χ2n) is 4.87. The zero-order valence-corrected chi connectivity index (χ0v) is 11.7. The maximum atomic E-state index is 11.3. The number of morpholine rings is 1. The number of primary amides is 1. The Bertz CT molecular complexity index is 248. The van der Waals surface area contributed by atoms with Crippen LogP contribution in [0.2, 0.25) is 0 Å². The standard InChI is InChI=1S/C13H27N3O2/c1-3-6-15-12(13(14)17)5-7-16-8-9-18-10-11(16)4-2/h11-12,15H,3-10H2,1-2H3,(H2,14,17). The van der Waals surface area contributed by atoms with Crippen molar-refractivity contribution in [2.75, 3.05) is 32.8 Å². The average molecular weight is 257 g/mol. The fourth-order valence-corrected chi connectivity index (χ4v) is 2.32. The smallest absolute Gasteiger partial charge is 0.234 e. The molecule has 0 spiro atoms. The first-order valence-corrected chi connectivity index (χ1v) is 7.03. The third kappa shape index (κ3) is 4.92. The molecule has 1 fully saturated rings. The molecule has 3 N–H and O–H groups in total. The van der Waals surface area contributed by atoms with Gasteiger partial charge in [0.05, 0.1) is 19.3 Å². The lowest BCUT2D eigenvalue weighted by atomic mass is 10.1. The van der Waals surface area contributed by atoms with Crippen LogP contribution in [0.4, 0.5) is 0 Å². The highest BCUT2D eigenvalue weighted by atomic mass is 16.5. The first-order chi connectivity index (χ1) is 8.69. The van der Waals surface area contributed by atoms with E-state index >= 15 is 0 Å². The van der Waals surface area contributed by atoms with Crippen LogP contribution in [0.3, 0.4) is 0 Å². The van der Waals surface area contributed by atoms with Gasteiger partial charge < -0.3 is 15.8 Å². The number of nitrogens with two attached hydrogens (primary N) is 1. The molecule has 1 aliphatic heterocycles. The number of hydrogen-bond donors (Lipinski definition) is 2. The normalized spacial score (nSPS) is 22.9. The summed E-state index contributed by atoms with van der Waals surface area (Å²) in [7, 11) is 0. The van der Waals surface area contributed by atoms with E-state index in [4.69, 9.17) is 10.5 Å². The highest BCUT2D eigenvalue weighted by Crippen LogP contribution is 2.11. The van der Waals surface area contributed by atoms with Crippen LogP contribution < -0.4 is 11.1 Å². The number of hydrogen-bond acceptors (Lipinski definition) is 4. The quantitative estimate of drug-likeness (QED) is 0.658. The van der Waals surface area contributed by atoms with Gasteiger partial charge in [0.1, 0.15) is 0 Å². The van der Waals surface area contributed by atoms with Gasteiger partial charge >= 0.3 is 0 Å². The minimum absolute atomic E-state index is 0.203. The van der Waals surface area contributed by atoms with Crippen LogP contribution in [0.5, 0.6) is 0 Å². The zero-order valence-electron chi connectivity index (χ0n) is 11.7. The Kier molecular flexibility index (Phi) is 7.23. The van der Waals surface area contributed by atoms with Gasteiger partial charge in [-0.05, 0) is 25.8 Å². The Labute approximate surface area is 110 Å². The number of ether oxygens (including phenoxy) is 1. The monoisotopic (exact) mass is 257 g/mol. The van der Waals surface area contributed by atoms with Crippen LogP contribution in [0.15, 0.2) is 0 Å². The summed E-state index contributed by atoms with van der Waals surface area (Å²) in [5.41, 5.74) is 5.42. The zero-order chi connectivity index (χ0) is 13.4. The molecule has 5 heteroatoms. The van der Waals surface area contributed by atoms with Crippen molar-refractivity contribution >= 4 is 5.91 Å². The number of carbonyl (C=O) groups excluding carboxylic acids is 1. The number of rotatable bonds is 8. The van der Waals surface area contributed by atoms with Crippen LogP contribution in [0.25, 0.3) is 0 Å². The van der Waals surface area contributed by atoms with E-state index in [0.29, 0.717) is 6.04 Å². The van der Waals surface area contributed by atoms with Crippen molar-refractivity contribution in [1.82, 2.24) is 10.2 Å². The molecular weight excluding hydrogens is 230 g/mol. The van der Waals surface area contributed by atoms with Crippen molar-refractivity contribution in [1.29, 1.82) is 0 Å². The summed E-state index contributed by atoms with van der Waals surface area (Å²) in [6.45, 7) is 8.56. The minimum atomic E-state index is -0.246. The maximum absolute atomic E-state index is 11.3. The first-order valence-electron chi connectivity index (χ1n) is 7.03. The fraction of sp³-hybridized carbons (Fsp3) is 0.923. The molecule has 2 atom stereocenters. The van der Waals surface area contributed by atoms with Crippen molar-refractivity contribution in [3.05, 3.63) is 0 Å². The van der Waals surface area contributed by atoms with Gasteiger partial charge in [0, 0.05) is 19.1 Å². The maximum Gasteiger partial charge on any atom is 0.234 e. The lowest BCUT2D eigenvalue weighted by molar-refractivity contribution is -0.120. The van der Waals surface area contributed by atoms with Gasteiger partial charge in [-0.2, -0.15) is 0 Å². The van der Waals surface area contributed by atoms with Gasteiger partial charge in [-0.25, -0.2) is 0 Å². The molecule has 5 nitrogen and oxygen atoms in total. The van der Waals surface area contributed by atoms with E-state index < -0.39 is 0 Å². The summed E-state index contributed by atoms with van der Waals surface area (Å²) >= 11 is 0. The Morgan fingerprint density at radius 1 is 1.56 bits per heavy atom. The van der Waals surface area contributed by atoms with E-state index in [9.17, 15) is 4.79 Å². The lowest BCUT2D eigenvalue weighted by Gasteiger charge is -2.35. The molecule has 1 amide bonds. The fourth-order valence-electron chi connectivity index (χ4n) is 2.32. The highest BCUT2D eigenvalue weighted by Gasteiger charge is 2.23. The minimum Gasteiger partial charge on any atom is -0.378 e. The molecule has 1 rings (SSSR count). The summed E-state index contributed by atoms with van der Waals surface area (Å²) in [5, 5.41) is 3.21. The average Bonchev–Trinajstić information content (AvgIpc) is 2.38. The number of carbonyl (C=O) groups is 1. The molecule has 0 radical (unpaired) electrons. The predicted octanol–water partition coefficient (Wildman–Crippen LogP) is 0.341. The molecule has 0 aliphatic carbocycles. The third-order valence-corrected chi connectivity index (χ3v) is 3.51. The Morgan fingerprint density at radius 2 is 2.33 bits per heavy atom. The first kappa shape index (κ1) is 15.4. The summed E-state index contributed by atoms with van der Waals surface area (Å²) in [5.74, 6) is -0.246. The number of nitrogens with zero attached hydrogens (tertiary/aromatic N) is 1. The van der Waals surface area contributed by atoms with Crippen molar-refractivity contribution in [3.8, 4) is 0 Å². The molecule has 1 aliphatic rings. The van der Waals surface area contributed by atoms with E-state index in [-0.39, 0.29) is 11.9 Å². The van der Waals surface area contributed by atoms with Gasteiger partial charge in [-0.15, -0.1) is 0 Å². The van der Waals surface area contributed by atoms with Gasteiger partial charge in [0.2, 0.25) is 5.91 Å². The molecule has 0 aromatic carbocycles. The summed E-state index contributed by atoms with van der Waals surface area (Å²) in [6.07, 6.45) is 2.88. The van der Waals surface area contributed by atoms with E-state index in [1.165, 1.54) is 0 Å². The van der Waals surface area contributed by atoms with Gasteiger partial charge in [0.15, 0.2) is 0 Å². The van der Waals surface area contributed by atoms with Crippen LogP contribution >= 0.6 is 0 Å². The van der Waals surface area contributed by atoms with Crippen molar-refractivity contribution in [2.24, 2.45) is 5.73 Å². The third-order valence-electron chi connectivity index (χ3n) is 3.51. The van der Waals surface area contributed by atoms with Crippen molar-refractivity contribution in [3.63, 3.8) is 0 Å². The van der Waals surface area contributed by atoms with Gasteiger partial charge in [-0.3, -0.25) is 9.69 Å². The summed E-state index contributed by atoms with van der Waals surface area (Å²) in [6, 6.07) is 0.281. The van der Waals surface area contributed by atoms with Crippen LogP contribution in [0, 0.1) is 0 Å². The molecule has 0 aromatic rings. The molecule has 2 unspecified atom stereocenters. The second-order valence-corrected chi connectivity index (χ2v) is 4.87. The number of nitrogens with one attached hydrogen (secondary N) is 1. The molecule has 0 aromatic heterocycles. The molecule has 1 saturated heterocycles.